The Balaban J connectivity index is 1.71. The van der Waals surface area contributed by atoms with Gasteiger partial charge in [0.2, 0.25) is 11.8 Å². The minimum Gasteiger partial charge on any atom is -0.480 e. The molecule has 3 rings (SSSR count). The van der Waals surface area contributed by atoms with E-state index in [1.165, 1.54) is 0 Å². The van der Waals surface area contributed by atoms with E-state index in [1.807, 2.05) is 24.3 Å². The van der Waals surface area contributed by atoms with Gasteiger partial charge in [-0.3, -0.25) is 4.79 Å². The molecule has 1 aromatic heterocycles. The van der Waals surface area contributed by atoms with E-state index in [0.29, 0.717) is 37.7 Å². The van der Waals surface area contributed by atoms with Crippen LogP contribution in [0.3, 0.4) is 0 Å². The van der Waals surface area contributed by atoms with Crippen molar-refractivity contribution < 1.29 is 19.4 Å². The highest BCUT2D eigenvalue weighted by atomic mass is 16.5. The normalized spacial score (nSPS) is 18.4. The number of ether oxygens (including phenoxy) is 2. The zero-order chi connectivity index (χ0) is 16.9. The molecule has 0 spiro atoms. The highest BCUT2D eigenvalue weighted by Crippen LogP contribution is 2.20. The Morgan fingerprint density at radius 1 is 1.38 bits per heavy atom. The van der Waals surface area contributed by atoms with Crippen LogP contribution in [0.25, 0.3) is 11.0 Å². The number of aromatic nitrogens is 2. The van der Waals surface area contributed by atoms with E-state index in [1.54, 1.807) is 12.0 Å². The molecular weight excluding hydrogens is 310 g/mol. The summed E-state index contributed by atoms with van der Waals surface area (Å²) < 4.78 is 10.6. The third kappa shape index (κ3) is 3.80. The molecule has 0 radical (unpaired) electrons. The van der Waals surface area contributed by atoms with Gasteiger partial charge in [0.25, 0.3) is 0 Å². The molecule has 1 atom stereocenters. The Labute approximate surface area is 140 Å². The van der Waals surface area contributed by atoms with E-state index in [4.69, 9.17) is 9.47 Å². The molecule has 1 N–H and O–H groups in total. The van der Waals surface area contributed by atoms with E-state index < -0.39 is 6.10 Å². The van der Waals surface area contributed by atoms with Crippen LogP contribution in [0.15, 0.2) is 24.3 Å². The molecule has 1 aromatic carbocycles. The van der Waals surface area contributed by atoms with Gasteiger partial charge in [-0.05, 0) is 12.1 Å². The van der Waals surface area contributed by atoms with Gasteiger partial charge in [0.1, 0.15) is 5.69 Å². The van der Waals surface area contributed by atoms with Crippen molar-refractivity contribution in [3.05, 3.63) is 30.0 Å². The van der Waals surface area contributed by atoms with Crippen molar-refractivity contribution in [2.75, 3.05) is 33.4 Å². The van der Waals surface area contributed by atoms with Crippen molar-refractivity contribution in [3.8, 4) is 5.88 Å². The molecule has 0 saturated carbocycles. The lowest BCUT2D eigenvalue weighted by molar-refractivity contribution is -0.132. The highest BCUT2D eigenvalue weighted by Gasteiger charge is 2.21. The Morgan fingerprint density at radius 3 is 2.88 bits per heavy atom. The maximum absolute atomic E-state index is 12.4. The van der Waals surface area contributed by atoms with Gasteiger partial charge in [-0.25, -0.2) is 9.97 Å². The predicted octanol–water partition coefficient (Wildman–Crippen LogP) is 0.791. The number of hydrogen-bond acceptors (Lipinski definition) is 6. The number of carbonyl (C=O) groups is 1. The number of benzene rings is 1. The van der Waals surface area contributed by atoms with Crippen molar-refractivity contribution in [3.63, 3.8) is 0 Å². The lowest BCUT2D eigenvalue weighted by Crippen LogP contribution is -2.37. The summed E-state index contributed by atoms with van der Waals surface area (Å²) in [6.07, 6.45) is 0.0927. The summed E-state index contributed by atoms with van der Waals surface area (Å²) in [5, 5.41) is 9.73. The number of β-amino-alcohol motifs (C(OH)–C–C–N with tert-alkyl or cyclic N) is 1. The lowest BCUT2D eigenvalue weighted by Gasteiger charge is -2.21. The molecule has 7 nitrogen and oxygen atoms in total. The van der Waals surface area contributed by atoms with Crippen LogP contribution in [0.1, 0.15) is 12.1 Å². The van der Waals surface area contributed by atoms with E-state index >= 15 is 0 Å². The van der Waals surface area contributed by atoms with Crippen LogP contribution >= 0.6 is 0 Å². The van der Waals surface area contributed by atoms with Crippen molar-refractivity contribution in [1.82, 2.24) is 14.9 Å². The first-order valence-corrected chi connectivity index (χ1v) is 8.00. The molecule has 1 aliphatic rings. The van der Waals surface area contributed by atoms with Gasteiger partial charge in [-0.15, -0.1) is 0 Å². The molecule has 1 amide bonds. The number of rotatable bonds is 4. The Hall–Kier alpha value is -2.25. The third-order valence-electron chi connectivity index (χ3n) is 3.97. The fourth-order valence-corrected chi connectivity index (χ4v) is 2.75. The maximum Gasteiger partial charge on any atom is 0.235 e. The van der Waals surface area contributed by atoms with E-state index in [-0.39, 0.29) is 18.9 Å². The molecule has 7 heteroatoms. The Bertz CT molecular complexity index is 722. The van der Waals surface area contributed by atoms with E-state index in [2.05, 4.69) is 9.97 Å². The van der Waals surface area contributed by atoms with Crippen LogP contribution in [-0.4, -0.2) is 65.4 Å². The predicted molar refractivity (Wildman–Crippen MR) is 87.8 cm³/mol. The first-order valence-electron chi connectivity index (χ1n) is 8.00. The Kier molecular flexibility index (Phi) is 5.22. The zero-order valence-corrected chi connectivity index (χ0v) is 13.6. The Morgan fingerprint density at radius 2 is 2.12 bits per heavy atom. The lowest BCUT2D eigenvalue weighted by atomic mass is 10.2. The van der Waals surface area contributed by atoms with Crippen LogP contribution < -0.4 is 4.74 Å². The second-order valence-corrected chi connectivity index (χ2v) is 5.74. The minimum atomic E-state index is -0.633. The van der Waals surface area contributed by atoms with Crippen LogP contribution in [0.2, 0.25) is 0 Å². The smallest absolute Gasteiger partial charge is 0.235 e. The topological polar surface area (TPSA) is 84.8 Å². The average molecular weight is 331 g/mol. The number of hydrogen-bond donors (Lipinski definition) is 1. The van der Waals surface area contributed by atoms with Crippen LogP contribution in [0.5, 0.6) is 5.88 Å². The zero-order valence-electron chi connectivity index (χ0n) is 13.6. The quantitative estimate of drug-likeness (QED) is 0.892. The molecule has 1 saturated heterocycles. The molecule has 1 aliphatic heterocycles. The van der Waals surface area contributed by atoms with Crippen molar-refractivity contribution in [2.45, 2.75) is 18.9 Å². The molecule has 1 unspecified atom stereocenters. The van der Waals surface area contributed by atoms with Crippen LogP contribution in [0, 0.1) is 0 Å². The minimum absolute atomic E-state index is 0.0310. The molecule has 24 heavy (non-hydrogen) atoms. The molecule has 128 valence electrons. The van der Waals surface area contributed by atoms with Gasteiger partial charge >= 0.3 is 0 Å². The molecule has 0 bridgehead atoms. The van der Waals surface area contributed by atoms with Gasteiger partial charge < -0.3 is 19.5 Å². The summed E-state index contributed by atoms with van der Waals surface area (Å²) in [6.45, 7) is 1.52. The molecular formula is C17H21N3O4. The summed E-state index contributed by atoms with van der Waals surface area (Å²) in [6, 6.07) is 7.55. The highest BCUT2D eigenvalue weighted by molar-refractivity contribution is 5.77. The number of methoxy groups -OCH3 is 1. The van der Waals surface area contributed by atoms with E-state index in [0.717, 1.165) is 11.0 Å². The fraction of sp³-hybridized carbons (Fsp3) is 0.471. The van der Waals surface area contributed by atoms with E-state index in [9.17, 15) is 9.90 Å². The number of nitrogens with zero attached hydrogens (tertiary/aromatic N) is 3. The van der Waals surface area contributed by atoms with Crippen molar-refractivity contribution >= 4 is 16.9 Å². The number of carbonyl (C=O) groups excluding carboxylic acids is 1. The summed E-state index contributed by atoms with van der Waals surface area (Å²) in [5.41, 5.74) is 2.20. The maximum atomic E-state index is 12.4. The molecule has 0 aliphatic carbocycles. The molecule has 1 fully saturated rings. The van der Waals surface area contributed by atoms with Gasteiger partial charge in [-0.2, -0.15) is 0 Å². The molecule has 2 heterocycles. The number of aliphatic hydroxyl groups is 1. The first kappa shape index (κ1) is 16.6. The van der Waals surface area contributed by atoms with Gasteiger partial charge in [0, 0.05) is 25.9 Å². The summed E-state index contributed by atoms with van der Waals surface area (Å²) >= 11 is 0. The van der Waals surface area contributed by atoms with Gasteiger partial charge in [0.15, 0.2) is 0 Å². The fourth-order valence-electron chi connectivity index (χ4n) is 2.75. The largest absolute Gasteiger partial charge is 0.480 e. The summed E-state index contributed by atoms with van der Waals surface area (Å²) in [7, 11) is 1.55. The summed E-state index contributed by atoms with van der Waals surface area (Å²) in [4.78, 5) is 23.0. The monoisotopic (exact) mass is 331 g/mol. The average Bonchev–Trinajstić information content (AvgIpc) is 2.83. The van der Waals surface area contributed by atoms with Crippen molar-refractivity contribution in [1.29, 1.82) is 0 Å². The van der Waals surface area contributed by atoms with Crippen LogP contribution in [-0.2, 0) is 16.0 Å². The number of aliphatic hydroxyl groups excluding tert-OH is 1. The first-order chi connectivity index (χ1) is 11.7. The standard InChI is InChI=1S/C17H21N3O4/c1-23-17-15(18-13-4-2-3-5-14(13)19-17)6-7-16(22)20-8-9-24-11-12(21)10-20/h2-5,12,21H,6-11H2,1H3. The second kappa shape index (κ2) is 7.55. The summed E-state index contributed by atoms with van der Waals surface area (Å²) in [5.74, 6) is 0.414. The number of aryl methyl sites for hydroxylation is 1. The van der Waals surface area contributed by atoms with Gasteiger partial charge in [0.05, 0.1) is 37.5 Å². The number of para-hydroxylation sites is 2. The number of fused-ring (bicyclic) bond motifs is 1. The SMILES string of the molecule is COc1nc2ccccc2nc1CCC(=O)N1CCOCC(O)C1. The second-order valence-electron chi connectivity index (χ2n) is 5.74. The van der Waals surface area contributed by atoms with Crippen molar-refractivity contribution in [2.24, 2.45) is 0 Å². The van der Waals surface area contributed by atoms with Gasteiger partial charge in [-0.1, -0.05) is 12.1 Å². The van der Waals surface area contributed by atoms with Crippen LogP contribution in [0.4, 0.5) is 0 Å². The number of amides is 1. The molecule has 2 aromatic rings. The third-order valence-corrected chi connectivity index (χ3v) is 3.97.